The smallest absolute Gasteiger partial charge is 0.0573 e. The molecule has 1 aromatic rings. The lowest BCUT2D eigenvalue weighted by Gasteiger charge is -2.35. The number of benzene rings is 1. The van der Waals surface area contributed by atoms with Gasteiger partial charge in [-0.1, -0.05) is 38.5 Å². The summed E-state index contributed by atoms with van der Waals surface area (Å²) >= 11 is 1.91. The van der Waals surface area contributed by atoms with Crippen LogP contribution in [0.1, 0.15) is 33.1 Å². The fourth-order valence-electron chi connectivity index (χ4n) is 2.91. The Morgan fingerprint density at radius 1 is 1.28 bits per heavy atom. The Morgan fingerprint density at radius 2 is 2.00 bits per heavy atom. The van der Waals surface area contributed by atoms with Crippen molar-refractivity contribution in [1.82, 2.24) is 0 Å². The number of aliphatic hydroxyl groups excluding tert-OH is 1. The summed E-state index contributed by atoms with van der Waals surface area (Å²) in [6, 6.07) is 10.6. The van der Waals surface area contributed by atoms with Crippen LogP contribution in [0.3, 0.4) is 0 Å². The standard InChI is InChI=1S/C16H24OS/c1-12-8-9-15(16(17)10-12)13(2)11-18-14-6-4-3-5-7-14/h3-7,12-13,15-17H,8-11H2,1-2H3/t12-,13+,15+,16-/m1/s1. The van der Waals surface area contributed by atoms with Gasteiger partial charge >= 0.3 is 0 Å². The summed E-state index contributed by atoms with van der Waals surface area (Å²) in [7, 11) is 0. The van der Waals surface area contributed by atoms with Crippen LogP contribution in [0.15, 0.2) is 35.2 Å². The molecule has 1 N–H and O–H groups in total. The van der Waals surface area contributed by atoms with Crippen LogP contribution in [0, 0.1) is 17.8 Å². The first-order valence-electron chi connectivity index (χ1n) is 7.02. The Labute approximate surface area is 115 Å². The van der Waals surface area contributed by atoms with Gasteiger partial charge < -0.3 is 5.11 Å². The molecule has 0 radical (unpaired) electrons. The minimum Gasteiger partial charge on any atom is -0.393 e. The zero-order chi connectivity index (χ0) is 13.0. The summed E-state index contributed by atoms with van der Waals surface area (Å²) in [5.41, 5.74) is 0. The molecule has 1 aliphatic carbocycles. The molecule has 0 aromatic heterocycles. The molecule has 0 heterocycles. The van der Waals surface area contributed by atoms with Gasteiger partial charge in [0.25, 0.3) is 0 Å². The molecule has 1 nitrogen and oxygen atoms in total. The zero-order valence-electron chi connectivity index (χ0n) is 11.4. The normalized spacial score (nSPS) is 30.1. The summed E-state index contributed by atoms with van der Waals surface area (Å²) in [5.74, 6) is 2.90. The average Bonchev–Trinajstić information content (AvgIpc) is 2.37. The fourth-order valence-corrected chi connectivity index (χ4v) is 3.96. The number of rotatable bonds is 4. The van der Waals surface area contributed by atoms with Crippen LogP contribution in [0.4, 0.5) is 0 Å². The van der Waals surface area contributed by atoms with Gasteiger partial charge in [0.05, 0.1) is 6.10 Å². The van der Waals surface area contributed by atoms with Crippen molar-refractivity contribution in [2.24, 2.45) is 17.8 Å². The minimum absolute atomic E-state index is 0.0832. The van der Waals surface area contributed by atoms with Crippen LogP contribution < -0.4 is 0 Å². The molecular weight excluding hydrogens is 240 g/mol. The van der Waals surface area contributed by atoms with E-state index in [0.717, 1.165) is 12.2 Å². The van der Waals surface area contributed by atoms with E-state index in [-0.39, 0.29) is 6.10 Å². The van der Waals surface area contributed by atoms with Gasteiger partial charge in [-0.25, -0.2) is 0 Å². The highest BCUT2D eigenvalue weighted by molar-refractivity contribution is 7.99. The van der Waals surface area contributed by atoms with Gasteiger partial charge in [0.15, 0.2) is 0 Å². The molecule has 0 bridgehead atoms. The van der Waals surface area contributed by atoms with Crippen molar-refractivity contribution in [3.63, 3.8) is 0 Å². The third kappa shape index (κ3) is 3.76. The van der Waals surface area contributed by atoms with E-state index in [1.54, 1.807) is 0 Å². The molecule has 1 saturated carbocycles. The summed E-state index contributed by atoms with van der Waals surface area (Å²) < 4.78 is 0. The molecule has 1 fully saturated rings. The molecular formula is C16H24OS. The van der Waals surface area contributed by atoms with Gasteiger partial charge in [-0.2, -0.15) is 0 Å². The fraction of sp³-hybridized carbons (Fsp3) is 0.625. The summed E-state index contributed by atoms with van der Waals surface area (Å²) in [5, 5.41) is 10.2. The van der Waals surface area contributed by atoms with E-state index in [0.29, 0.717) is 17.8 Å². The zero-order valence-corrected chi connectivity index (χ0v) is 12.2. The molecule has 0 saturated heterocycles. The van der Waals surface area contributed by atoms with Crippen LogP contribution in [0.2, 0.25) is 0 Å². The van der Waals surface area contributed by atoms with Crippen molar-refractivity contribution < 1.29 is 5.11 Å². The number of aliphatic hydroxyl groups is 1. The second-order valence-corrected chi connectivity index (χ2v) is 6.84. The monoisotopic (exact) mass is 264 g/mol. The highest BCUT2D eigenvalue weighted by Gasteiger charge is 2.30. The van der Waals surface area contributed by atoms with Gasteiger partial charge in [0.1, 0.15) is 0 Å². The Morgan fingerprint density at radius 3 is 2.67 bits per heavy atom. The number of hydrogen-bond donors (Lipinski definition) is 1. The molecule has 0 unspecified atom stereocenters. The topological polar surface area (TPSA) is 20.2 Å². The Bertz CT molecular complexity index is 351. The van der Waals surface area contributed by atoms with Crippen molar-refractivity contribution in [1.29, 1.82) is 0 Å². The molecule has 4 atom stereocenters. The van der Waals surface area contributed by atoms with Crippen LogP contribution in [-0.4, -0.2) is 17.0 Å². The minimum atomic E-state index is -0.0832. The first-order valence-corrected chi connectivity index (χ1v) is 8.01. The first-order chi connectivity index (χ1) is 8.66. The molecule has 100 valence electrons. The van der Waals surface area contributed by atoms with Gasteiger partial charge in [0, 0.05) is 10.6 Å². The summed E-state index contributed by atoms with van der Waals surface area (Å²) in [6.45, 7) is 4.54. The molecule has 0 aliphatic heterocycles. The van der Waals surface area contributed by atoms with Crippen molar-refractivity contribution in [2.45, 2.75) is 44.1 Å². The second-order valence-electron chi connectivity index (χ2n) is 5.75. The van der Waals surface area contributed by atoms with E-state index < -0.39 is 0 Å². The largest absolute Gasteiger partial charge is 0.393 e. The van der Waals surface area contributed by atoms with Crippen molar-refractivity contribution in [2.75, 3.05) is 5.75 Å². The lowest BCUT2D eigenvalue weighted by molar-refractivity contribution is 0.0275. The van der Waals surface area contributed by atoms with Crippen molar-refractivity contribution in [3.8, 4) is 0 Å². The lowest BCUT2D eigenvalue weighted by Crippen LogP contribution is -2.33. The molecule has 0 amide bonds. The summed E-state index contributed by atoms with van der Waals surface area (Å²) in [4.78, 5) is 1.34. The maximum absolute atomic E-state index is 10.2. The van der Waals surface area contributed by atoms with Crippen LogP contribution in [0.5, 0.6) is 0 Å². The van der Waals surface area contributed by atoms with Gasteiger partial charge in [-0.3, -0.25) is 0 Å². The maximum atomic E-state index is 10.2. The highest BCUT2D eigenvalue weighted by Crippen LogP contribution is 2.35. The maximum Gasteiger partial charge on any atom is 0.0573 e. The second kappa shape index (κ2) is 6.63. The molecule has 2 rings (SSSR count). The molecule has 1 aromatic carbocycles. The van der Waals surface area contributed by atoms with E-state index in [1.807, 2.05) is 11.8 Å². The lowest BCUT2D eigenvalue weighted by atomic mass is 9.75. The van der Waals surface area contributed by atoms with E-state index in [2.05, 4.69) is 44.2 Å². The third-order valence-corrected chi connectivity index (χ3v) is 5.42. The van der Waals surface area contributed by atoms with E-state index >= 15 is 0 Å². The van der Waals surface area contributed by atoms with Crippen molar-refractivity contribution in [3.05, 3.63) is 30.3 Å². The SMILES string of the molecule is C[C@@H]1CC[C@@H]([C@@H](C)CSc2ccccc2)[C@H](O)C1. The Balaban J connectivity index is 1.82. The third-order valence-electron chi connectivity index (χ3n) is 4.12. The predicted molar refractivity (Wildman–Crippen MR) is 78.8 cm³/mol. The van der Waals surface area contributed by atoms with Crippen molar-refractivity contribution >= 4 is 11.8 Å². The van der Waals surface area contributed by atoms with Gasteiger partial charge in [-0.15, -0.1) is 11.8 Å². The number of hydrogen-bond acceptors (Lipinski definition) is 2. The number of thioether (sulfide) groups is 1. The molecule has 18 heavy (non-hydrogen) atoms. The van der Waals surface area contributed by atoms with Gasteiger partial charge in [0.2, 0.25) is 0 Å². The van der Waals surface area contributed by atoms with E-state index in [9.17, 15) is 5.11 Å². The van der Waals surface area contributed by atoms with Crippen LogP contribution in [-0.2, 0) is 0 Å². The highest BCUT2D eigenvalue weighted by atomic mass is 32.2. The molecule has 1 aliphatic rings. The van der Waals surface area contributed by atoms with E-state index in [4.69, 9.17) is 0 Å². The predicted octanol–water partition coefficient (Wildman–Crippen LogP) is 4.21. The van der Waals surface area contributed by atoms with Gasteiger partial charge in [-0.05, 0) is 42.7 Å². The Hall–Kier alpha value is -0.470. The average molecular weight is 264 g/mol. The van der Waals surface area contributed by atoms with Crippen LogP contribution in [0.25, 0.3) is 0 Å². The Kier molecular flexibility index (Phi) is 5.13. The van der Waals surface area contributed by atoms with Crippen LogP contribution >= 0.6 is 11.8 Å². The quantitative estimate of drug-likeness (QED) is 0.822. The summed E-state index contributed by atoms with van der Waals surface area (Å²) in [6.07, 6.45) is 3.38. The molecule has 2 heteroatoms. The van der Waals surface area contributed by atoms with E-state index in [1.165, 1.54) is 17.7 Å². The molecule has 0 spiro atoms. The first kappa shape index (κ1) is 14.0.